The molecule has 0 spiro atoms. The van der Waals surface area contributed by atoms with Gasteiger partial charge in [-0.25, -0.2) is 14.3 Å². The largest absolute Gasteiger partial charge is 0.443 e. The van der Waals surface area contributed by atoms with Crippen molar-refractivity contribution in [1.82, 2.24) is 24.8 Å². The first kappa shape index (κ1) is 24.2. The van der Waals surface area contributed by atoms with Crippen LogP contribution < -0.4 is 16.2 Å². The molecule has 2 N–H and O–H groups in total. The average molecular weight is 480 g/mol. The summed E-state index contributed by atoms with van der Waals surface area (Å²) in [5.74, 6) is -0.907. The third-order valence-electron chi connectivity index (χ3n) is 5.85. The summed E-state index contributed by atoms with van der Waals surface area (Å²) in [7, 11) is 1.43. The Hall–Kier alpha value is -3.95. The second-order valence-electron chi connectivity index (χ2n) is 9.64. The Bertz CT molecular complexity index is 1360. The molecule has 0 bridgehead atoms. The molecule has 1 fully saturated rings. The number of para-hydroxylation sites is 1. The first-order valence-electron chi connectivity index (χ1n) is 11.5. The van der Waals surface area contributed by atoms with Crippen LogP contribution in [0.3, 0.4) is 0 Å². The molecular formula is C25H29N5O5. The number of pyridine rings is 1. The van der Waals surface area contributed by atoms with Crippen molar-refractivity contribution in [2.45, 2.75) is 58.2 Å². The standard InChI is InChI=1S/C25H29N5O5/c1-25(2,3)35-24(34)30-14-27-20-15(7-5-10-19(20)30)12-29-13-16(21(31)28-17-8-6-9-17)11-18(23(29)33)22(32)26-4/h5,7,10-11,13-14,17H,6,8-9,12H2,1-4H3,(H,26,32)(H,28,31). The number of imidazole rings is 1. The normalized spacial score (nSPS) is 13.8. The maximum absolute atomic E-state index is 13.1. The molecule has 1 aliphatic rings. The highest BCUT2D eigenvalue weighted by Crippen LogP contribution is 2.21. The minimum absolute atomic E-state index is 0.0516. The highest BCUT2D eigenvalue weighted by Gasteiger charge is 2.23. The van der Waals surface area contributed by atoms with Gasteiger partial charge in [-0.2, -0.15) is 0 Å². The zero-order valence-electron chi connectivity index (χ0n) is 20.3. The second-order valence-corrected chi connectivity index (χ2v) is 9.64. The van der Waals surface area contributed by atoms with Crippen molar-refractivity contribution in [3.8, 4) is 0 Å². The van der Waals surface area contributed by atoms with Crippen molar-refractivity contribution in [3.63, 3.8) is 0 Å². The summed E-state index contributed by atoms with van der Waals surface area (Å²) in [4.78, 5) is 55.3. The molecule has 3 aromatic rings. The molecule has 10 nitrogen and oxygen atoms in total. The minimum atomic E-state index is -0.671. The summed E-state index contributed by atoms with van der Waals surface area (Å²) in [6, 6.07) is 6.69. The molecule has 1 saturated carbocycles. The van der Waals surface area contributed by atoms with Gasteiger partial charge in [0.25, 0.3) is 17.4 Å². The topological polar surface area (TPSA) is 124 Å². The van der Waals surface area contributed by atoms with Gasteiger partial charge in [-0.1, -0.05) is 12.1 Å². The Kier molecular flexibility index (Phi) is 6.47. The fraction of sp³-hybridized carbons (Fsp3) is 0.400. The lowest BCUT2D eigenvalue weighted by Gasteiger charge is -2.26. The molecule has 0 aliphatic heterocycles. The van der Waals surface area contributed by atoms with E-state index in [2.05, 4.69) is 15.6 Å². The van der Waals surface area contributed by atoms with Gasteiger partial charge in [0.15, 0.2) is 0 Å². The fourth-order valence-corrected chi connectivity index (χ4v) is 3.86. The van der Waals surface area contributed by atoms with Crippen molar-refractivity contribution >= 4 is 28.9 Å². The van der Waals surface area contributed by atoms with Crippen LogP contribution in [-0.2, 0) is 11.3 Å². The number of amides is 2. The quantitative estimate of drug-likeness (QED) is 0.580. The highest BCUT2D eigenvalue weighted by atomic mass is 16.6. The van der Waals surface area contributed by atoms with Crippen molar-refractivity contribution in [3.05, 3.63) is 63.8 Å². The van der Waals surface area contributed by atoms with E-state index >= 15 is 0 Å². The average Bonchev–Trinajstić information content (AvgIpc) is 3.21. The molecule has 2 amide bonds. The van der Waals surface area contributed by atoms with E-state index < -0.39 is 23.2 Å². The Morgan fingerprint density at radius 3 is 2.54 bits per heavy atom. The van der Waals surface area contributed by atoms with E-state index in [-0.39, 0.29) is 29.6 Å². The van der Waals surface area contributed by atoms with Crippen molar-refractivity contribution in [2.24, 2.45) is 0 Å². The summed E-state index contributed by atoms with van der Waals surface area (Å²) in [6.07, 6.45) is 5.15. The van der Waals surface area contributed by atoms with E-state index in [4.69, 9.17) is 4.74 Å². The number of benzene rings is 1. The van der Waals surface area contributed by atoms with Crippen LogP contribution in [0.15, 0.2) is 41.6 Å². The van der Waals surface area contributed by atoms with Crippen LogP contribution in [0.2, 0.25) is 0 Å². The third kappa shape index (κ3) is 5.11. The lowest BCUT2D eigenvalue weighted by Crippen LogP contribution is -2.40. The molecule has 4 rings (SSSR count). The Balaban J connectivity index is 1.72. The van der Waals surface area contributed by atoms with Gasteiger partial charge >= 0.3 is 6.09 Å². The molecule has 184 valence electrons. The van der Waals surface area contributed by atoms with E-state index in [1.54, 1.807) is 39.0 Å². The third-order valence-corrected chi connectivity index (χ3v) is 5.85. The Labute approximate surface area is 202 Å². The van der Waals surface area contributed by atoms with Gasteiger partial charge in [0, 0.05) is 19.3 Å². The number of aromatic nitrogens is 3. The van der Waals surface area contributed by atoms with Crippen LogP contribution in [0.4, 0.5) is 4.79 Å². The number of carbonyl (C=O) groups is 3. The number of fused-ring (bicyclic) bond motifs is 1. The van der Waals surface area contributed by atoms with E-state index in [0.717, 1.165) is 19.3 Å². The number of carbonyl (C=O) groups excluding carboxylic acids is 3. The molecule has 35 heavy (non-hydrogen) atoms. The van der Waals surface area contributed by atoms with Crippen LogP contribution in [0.5, 0.6) is 0 Å². The van der Waals surface area contributed by atoms with E-state index in [1.165, 1.54) is 34.8 Å². The van der Waals surface area contributed by atoms with E-state index in [1.807, 2.05) is 0 Å². The van der Waals surface area contributed by atoms with E-state index in [9.17, 15) is 19.2 Å². The maximum Gasteiger partial charge on any atom is 0.420 e. The number of hydrogen-bond donors (Lipinski definition) is 2. The summed E-state index contributed by atoms with van der Waals surface area (Å²) >= 11 is 0. The molecule has 0 unspecified atom stereocenters. The van der Waals surface area contributed by atoms with Crippen molar-refractivity contribution in [1.29, 1.82) is 0 Å². The summed E-state index contributed by atoms with van der Waals surface area (Å²) in [5.41, 5.74) is 0.572. The predicted octanol–water partition coefficient (Wildman–Crippen LogP) is 2.67. The number of nitrogens with zero attached hydrogens (tertiary/aromatic N) is 3. The first-order chi connectivity index (χ1) is 16.6. The maximum atomic E-state index is 13.1. The lowest BCUT2D eigenvalue weighted by molar-refractivity contribution is 0.0543. The number of ether oxygens (including phenoxy) is 1. The molecule has 10 heteroatoms. The summed E-state index contributed by atoms with van der Waals surface area (Å²) in [6.45, 7) is 5.38. The molecule has 0 radical (unpaired) electrons. The summed E-state index contributed by atoms with van der Waals surface area (Å²) in [5, 5.41) is 5.39. The number of rotatable bonds is 5. The first-order valence-corrected chi connectivity index (χ1v) is 11.5. The lowest BCUT2D eigenvalue weighted by atomic mass is 9.93. The van der Waals surface area contributed by atoms with Gasteiger partial charge in [-0.15, -0.1) is 0 Å². The zero-order valence-corrected chi connectivity index (χ0v) is 20.3. The molecular weight excluding hydrogens is 450 g/mol. The van der Waals surface area contributed by atoms with Gasteiger partial charge in [-0.05, 0) is 57.7 Å². The SMILES string of the molecule is CNC(=O)c1cc(C(=O)NC2CCC2)cn(Cc2cccc3c2ncn3C(=O)OC(C)(C)C)c1=O. The van der Waals surface area contributed by atoms with Crippen LogP contribution in [0.1, 0.15) is 66.3 Å². The van der Waals surface area contributed by atoms with Crippen molar-refractivity contribution in [2.75, 3.05) is 7.05 Å². The van der Waals surface area contributed by atoms with Gasteiger partial charge in [0.2, 0.25) is 0 Å². The van der Waals surface area contributed by atoms with Crippen LogP contribution in [0.25, 0.3) is 11.0 Å². The van der Waals surface area contributed by atoms with Crippen LogP contribution in [0, 0.1) is 0 Å². The van der Waals surface area contributed by atoms with Gasteiger partial charge in [0.1, 0.15) is 17.5 Å². The molecule has 2 heterocycles. The van der Waals surface area contributed by atoms with E-state index in [0.29, 0.717) is 16.6 Å². The predicted molar refractivity (Wildman–Crippen MR) is 130 cm³/mol. The van der Waals surface area contributed by atoms with Gasteiger partial charge in [-0.3, -0.25) is 14.4 Å². The molecule has 1 aliphatic carbocycles. The van der Waals surface area contributed by atoms with Gasteiger partial charge < -0.3 is 19.9 Å². The monoisotopic (exact) mass is 479 g/mol. The molecule has 2 aromatic heterocycles. The minimum Gasteiger partial charge on any atom is -0.443 e. The molecule has 0 saturated heterocycles. The Morgan fingerprint density at radius 1 is 1.17 bits per heavy atom. The number of hydrogen-bond acceptors (Lipinski definition) is 6. The zero-order chi connectivity index (χ0) is 25.3. The van der Waals surface area contributed by atoms with Gasteiger partial charge in [0.05, 0.1) is 23.1 Å². The highest BCUT2D eigenvalue weighted by molar-refractivity contribution is 5.99. The molecule has 0 atom stereocenters. The van der Waals surface area contributed by atoms with Crippen LogP contribution >= 0.6 is 0 Å². The van der Waals surface area contributed by atoms with Crippen LogP contribution in [-0.4, -0.2) is 50.7 Å². The fourth-order valence-electron chi connectivity index (χ4n) is 3.86. The van der Waals surface area contributed by atoms with Crippen molar-refractivity contribution < 1.29 is 19.1 Å². The Morgan fingerprint density at radius 2 is 1.91 bits per heavy atom. The summed E-state index contributed by atoms with van der Waals surface area (Å²) < 4.78 is 8.08. The second kappa shape index (κ2) is 9.36. The number of nitrogens with one attached hydrogen (secondary N) is 2. The smallest absolute Gasteiger partial charge is 0.420 e. The molecule has 1 aromatic carbocycles.